The van der Waals surface area contributed by atoms with Gasteiger partial charge in [-0.25, -0.2) is 4.98 Å². The van der Waals surface area contributed by atoms with Crippen LogP contribution in [0.1, 0.15) is 16.8 Å². The quantitative estimate of drug-likeness (QED) is 0.381. The third-order valence-corrected chi connectivity index (χ3v) is 5.20. The Morgan fingerprint density at radius 2 is 2.10 bits per heavy atom. The molecule has 0 spiro atoms. The molecule has 0 saturated carbocycles. The van der Waals surface area contributed by atoms with E-state index < -0.39 is 0 Å². The second-order valence-corrected chi connectivity index (χ2v) is 7.54. The van der Waals surface area contributed by atoms with E-state index in [1.165, 1.54) is 12.5 Å². The van der Waals surface area contributed by atoms with Crippen molar-refractivity contribution in [1.82, 2.24) is 19.9 Å². The van der Waals surface area contributed by atoms with E-state index in [4.69, 9.17) is 16.0 Å². The van der Waals surface area contributed by atoms with Crippen molar-refractivity contribution < 1.29 is 9.21 Å². The first kappa shape index (κ1) is 19.5. The molecular formula is C20H17BrClN5O2. The van der Waals surface area contributed by atoms with Gasteiger partial charge in [0.2, 0.25) is 0 Å². The normalized spacial score (nSPS) is 11.0. The van der Waals surface area contributed by atoms with E-state index in [1.807, 2.05) is 30.3 Å². The van der Waals surface area contributed by atoms with Crippen LogP contribution in [0.25, 0.3) is 16.9 Å². The predicted molar refractivity (Wildman–Crippen MR) is 115 cm³/mol. The lowest BCUT2D eigenvalue weighted by Crippen LogP contribution is -2.25. The van der Waals surface area contributed by atoms with Crippen LogP contribution in [0, 0.1) is 0 Å². The first-order chi connectivity index (χ1) is 14.1. The van der Waals surface area contributed by atoms with Gasteiger partial charge in [0.15, 0.2) is 5.65 Å². The Labute approximate surface area is 180 Å². The number of furan rings is 1. The Morgan fingerprint density at radius 1 is 1.24 bits per heavy atom. The fourth-order valence-corrected chi connectivity index (χ4v) is 3.45. The zero-order chi connectivity index (χ0) is 20.2. The lowest BCUT2D eigenvalue weighted by molar-refractivity contribution is 0.0953. The summed E-state index contributed by atoms with van der Waals surface area (Å²) in [6.45, 7) is 1.18. The number of benzene rings is 1. The second kappa shape index (κ2) is 8.67. The highest BCUT2D eigenvalue weighted by Gasteiger charge is 2.13. The number of aromatic nitrogens is 3. The number of fused-ring (bicyclic) bond motifs is 1. The predicted octanol–water partition coefficient (Wildman–Crippen LogP) is 4.64. The summed E-state index contributed by atoms with van der Waals surface area (Å²) in [5.74, 6) is 0.638. The van der Waals surface area contributed by atoms with Crippen molar-refractivity contribution in [2.75, 3.05) is 18.4 Å². The molecule has 3 heterocycles. The number of nitrogens with zero attached hydrogens (tertiary/aromatic N) is 3. The molecule has 4 rings (SSSR count). The number of hydrogen-bond acceptors (Lipinski definition) is 5. The molecule has 0 unspecified atom stereocenters. The molecule has 0 aliphatic heterocycles. The highest BCUT2D eigenvalue weighted by atomic mass is 79.9. The molecule has 0 saturated heterocycles. The van der Waals surface area contributed by atoms with E-state index in [9.17, 15) is 4.79 Å². The topological polar surface area (TPSA) is 84.5 Å². The maximum absolute atomic E-state index is 11.9. The lowest BCUT2D eigenvalue weighted by atomic mass is 10.1. The van der Waals surface area contributed by atoms with Gasteiger partial charge in [0.1, 0.15) is 12.1 Å². The summed E-state index contributed by atoms with van der Waals surface area (Å²) >= 11 is 9.84. The largest absolute Gasteiger partial charge is 0.472 e. The Hall–Kier alpha value is -2.84. The number of halogens is 2. The first-order valence-corrected chi connectivity index (χ1v) is 10.1. The lowest BCUT2D eigenvalue weighted by Gasteiger charge is -2.12. The third kappa shape index (κ3) is 4.28. The first-order valence-electron chi connectivity index (χ1n) is 8.97. The molecule has 1 aromatic carbocycles. The molecule has 0 bridgehead atoms. The molecule has 0 atom stereocenters. The molecule has 2 N–H and O–H groups in total. The summed E-state index contributed by atoms with van der Waals surface area (Å²) in [4.78, 5) is 16.6. The van der Waals surface area contributed by atoms with Crippen molar-refractivity contribution >= 4 is 44.9 Å². The maximum atomic E-state index is 11.9. The number of nitrogens with one attached hydrogen (secondary N) is 2. The highest BCUT2D eigenvalue weighted by molar-refractivity contribution is 9.10. The number of carbonyl (C=O) groups is 1. The molecular weight excluding hydrogens is 458 g/mol. The molecule has 1 amide bonds. The van der Waals surface area contributed by atoms with Crippen LogP contribution in [0.15, 0.2) is 64.0 Å². The second-order valence-electron chi connectivity index (χ2n) is 6.28. The van der Waals surface area contributed by atoms with Crippen LogP contribution < -0.4 is 10.6 Å². The van der Waals surface area contributed by atoms with Crippen molar-refractivity contribution in [3.63, 3.8) is 0 Å². The molecule has 29 heavy (non-hydrogen) atoms. The number of hydrogen-bond donors (Lipinski definition) is 2. The number of carbonyl (C=O) groups excluding carboxylic acids is 1. The Bertz CT molecular complexity index is 1140. The molecule has 7 nitrogen and oxygen atoms in total. The zero-order valence-electron chi connectivity index (χ0n) is 15.2. The van der Waals surface area contributed by atoms with E-state index >= 15 is 0 Å². The van der Waals surface area contributed by atoms with Gasteiger partial charge in [0.05, 0.1) is 28.2 Å². The highest BCUT2D eigenvalue weighted by Crippen LogP contribution is 2.30. The molecule has 0 aliphatic rings. The third-order valence-electron chi connectivity index (χ3n) is 4.31. The van der Waals surface area contributed by atoms with Gasteiger partial charge in [-0.2, -0.15) is 9.61 Å². The number of rotatable bonds is 7. The smallest absolute Gasteiger partial charge is 0.254 e. The fraction of sp³-hybridized carbons (Fsp3) is 0.150. The van der Waals surface area contributed by atoms with Crippen LogP contribution in [-0.4, -0.2) is 33.6 Å². The molecule has 0 aliphatic carbocycles. The SMILES string of the molecule is O=C(NCCCNc1cc(-c2ccccc2Cl)nc2c(Br)cnn12)c1ccoc1. The summed E-state index contributed by atoms with van der Waals surface area (Å²) in [5.41, 5.74) is 2.80. The molecule has 148 valence electrons. The van der Waals surface area contributed by atoms with Crippen LogP contribution in [0.4, 0.5) is 5.82 Å². The van der Waals surface area contributed by atoms with Crippen LogP contribution in [0.5, 0.6) is 0 Å². The van der Waals surface area contributed by atoms with Crippen molar-refractivity contribution in [2.45, 2.75) is 6.42 Å². The van der Waals surface area contributed by atoms with E-state index in [1.54, 1.807) is 16.8 Å². The summed E-state index contributed by atoms with van der Waals surface area (Å²) < 4.78 is 7.44. The van der Waals surface area contributed by atoms with Gasteiger partial charge in [-0.1, -0.05) is 29.8 Å². The zero-order valence-corrected chi connectivity index (χ0v) is 17.6. The minimum Gasteiger partial charge on any atom is -0.472 e. The molecule has 0 fully saturated rings. The van der Waals surface area contributed by atoms with E-state index in [2.05, 4.69) is 36.6 Å². The van der Waals surface area contributed by atoms with Gasteiger partial charge in [-0.05, 0) is 34.5 Å². The average molecular weight is 475 g/mol. The van der Waals surface area contributed by atoms with Crippen molar-refractivity contribution in [3.05, 3.63) is 70.2 Å². The Balaban J connectivity index is 1.47. The summed E-state index contributed by atoms with van der Waals surface area (Å²) in [5, 5.41) is 11.2. The van der Waals surface area contributed by atoms with Gasteiger partial charge in [-0.3, -0.25) is 4.79 Å². The van der Waals surface area contributed by atoms with Crippen molar-refractivity contribution in [3.8, 4) is 11.3 Å². The van der Waals surface area contributed by atoms with Crippen LogP contribution in [0.3, 0.4) is 0 Å². The number of amides is 1. The van der Waals surface area contributed by atoms with Gasteiger partial charge >= 0.3 is 0 Å². The fourth-order valence-electron chi connectivity index (χ4n) is 2.87. The van der Waals surface area contributed by atoms with Crippen LogP contribution in [0.2, 0.25) is 5.02 Å². The summed E-state index contributed by atoms with van der Waals surface area (Å²) in [6.07, 6.45) is 5.34. The van der Waals surface area contributed by atoms with Gasteiger partial charge < -0.3 is 15.1 Å². The van der Waals surface area contributed by atoms with Crippen LogP contribution in [-0.2, 0) is 0 Å². The average Bonchev–Trinajstić information content (AvgIpc) is 3.38. The minimum atomic E-state index is -0.151. The van der Waals surface area contributed by atoms with Crippen LogP contribution >= 0.6 is 27.5 Å². The molecule has 0 radical (unpaired) electrons. The Kier molecular flexibility index (Phi) is 5.82. The van der Waals surface area contributed by atoms with Gasteiger partial charge in [-0.15, -0.1) is 0 Å². The molecule has 3 aromatic heterocycles. The van der Waals surface area contributed by atoms with E-state index in [0.717, 1.165) is 28.0 Å². The van der Waals surface area contributed by atoms with E-state index in [0.29, 0.717) is 29.3 Å². The standard InChI is InChI=1S/C20H17BrClN5O2/c21-15-11-25-27-18(23-7-3-8-24-20(28)13-6-9-29-12-13)10-17(26-19(15)27)14-4-1-2-5-16(14)22/h1-2,4-6,9-12,23H,3,7-8H2,(H,24,28). The van der Waals surface area contributed by atoms with Crippen molar-refractivity contribution in [1.29, 1.82) is 0 Å². The van der Waals surface area contributed by atoms with Gasteiger partial charge in [0.25, 0.3) is 5.91 Å². The van der Waals surface area contributed by atoms with E-state index in [-0.39, 0.29) is 5.91 Å². The maximum Gasteiger partial charge on any atom is 0.254 e. The van der Waals surface area contributed by atoms with Crippen molar-refractivity contribution in [2.24, 2.45) is 0 Å². The monoisotopic (exact) mass is 473 g/mol. The summed E-state index contributed by atoms with van der Waals surface area (Å²) in [6, 6.07) is 11.1. The Morgan fingerprint density at radius 3 is 2.90 bits per heavy atom. The number of anilines is 1. The molecule has 4 aromatic rings. The minimum absolute atomic E-state index is 0.151. The summed E-state index contributed by atoms with van der Waals surface area (Å²) in [7, 11) is 0. The molecule has 9 heteroatoms. The van der Waals surface area contributed by atoms with Gasteiger partial charge in [0, 0.05) is 29.7 Å².